The van der Waals surface area contributed by atoms with Crippen molar-refractivity contribution in [1.29, 1.82) is 0 Å². The Morgan fingerprint density at radius 3 is 2.60 bits per heavy atom. The molecule has 7 rings (SSSR count). The van der Waals surface area contributed by atoms with E-state index in [0.717, 1.165) is 25.9 Å². The maximum Gasteiger partial charge on any atom is 0.303 e. The number of rotatable bonds is 4. The van der Waals surface area contributed by atoms with Gasteiger partial charge >= 0.3 is 5.97 Å². The predicted octanol–water partition coefficient (Wildman–Crippen LogP) is 0.696. The van der Waals surface area contributed by atoms with Crippen molar-refractivity contribution < 1.29 is 38.7 Å². The van der Waals surface area contributed by atoms with Gasteiger partial charge in [-0.25, -0.2) is 0 Å². The highest BCUT2D eigenvalue weighted by Gasteiger charge is 2.97. The summed E-state index contributed by atoms with van der Waals surface area (Å²) in [5.74, 6) is -1.16. The molecule has 7 fully saturated rings. The van der Waals surface area contributed by atoms with Crippen molar-refractivity contribution in [3.8, 4) is 0 Å². The molecule has 13 atom stereocenters. The second kappa shape index (κ2) is 6.79. The van der Waals surface area contributed by atoms with E-state index >= 15 is 0 Å². The largest absolute Gasteiger partial charge is 0.459 e. The molecule has 35 heavy (non-hydrogen) atoms. The summed E-state index contributed by atoms with van der Waals surface area (Å²) in [6, 6.07) is -0.280. The molecule has 0 radical (unpaired) electrons. The Morgan fingerprint density at radius 2 is 1.94 bits per heavy atom. The van der Waals surface area contributed by atoms with Gasteiger partial charge < -0.3 is 33.9 Å². The molecule has 2 aliphatic heterocycles. The lowest BCUT2D eigenvalue weighted by atomic mass is 9.41. The van der Waals surface area contributed by atoms with Crippen LogP contribution in [0.3, 0.4) is 0 Å². The molecule has 0 aromatic carbocycles. The number of carbonyl (C=O) groups is 1. The molecule has 5 saturated carbocycles. The first-order valence-corrected chi connectivity index (χ1v) is 13.3. The van der Waals surface area contributed by atoms with Gasteiger partial charge in [-0.2, -0.15) is 0 Å². The summed E-state index contributed by atoms with van der Waals surface area (Å²) in [5, 5.41) is 24.7. The second-order valence-electron chi connectivity index (χ2n) is 12.7. The number of hydrogen-bond acceptors (Lipinski definition) is 9. The van der Waals surface area contributed by atoms with E-state index in [1.807, 2.05) is 0 Å². The summed E-state index contributed by atoms with van der Waals surface area (Å²) in [6.45, 7) is 7.51. The Balaban J connectivity index is 1.62. The molecular formula is C26H39NO8. The van der Waals surface area contributed by atoms with Crippen LogP contribution < -0.4 is 0 Å². The van der Waals surface area contributed by atoms with Crippen LogP contribution in [0.25, 0.3) is 0 Å². The number of hydrogen-bond donors (Lipinski definition) is 2. The molecule has 0 aromatic rings. The maximum atomic E-state index is 13.3. The highest BCUT2D eigenvalue weighted by Crippen LogP contribution is 2.83. The first kappa shape index (κ1) is 23.3. The molecule has 7 aliphatic rings. The summed E-state index contributed by atoms with van der Waals surface area (Å²) >= 11 is 0. The molecule has 2 saturated heterocycles. The number of carbonyl (C=O) groups excluding carboxylic acids is 1. The number of piperidine rings is 1. The fourth-order valence-electron chi connectivity index (χ4n) is 11.5. The SMILES string of the molecule is CCN1C[C@]2(C)CC[C@H](OC)[C@]34[C@@H]2[C@H](OC(C)=O)[C@@]2(OCO[C@@]25C[C@@H](O)[C@H]2C[C@]3(O)C5[C@H]2OC)[C@H]14. The van der Waals surface area contributed by atoms with Gasteiger partial charge in [0.15, 0.2) is 5.60 Å². The average Bonchev–Trinajstić information content (AvgIpc) is 3.36. The van der Waals surface area contributed by atoms with E-state index in [4.69, 9.17) is 23.7 Å². The van der Waals surface area contributed by atoms with E-state index in [1.165, 1.54) is 6.92 Å². The third-order valence-corrected chi connectivity index (χ3v) is 11.9. The van der Waals surface area contributed by atoms with Crippen LogP contribution in [0, 0.1) is 28.6 Å². The van der Waals surface area contributed by atoms with Gasteiger partial charge in [0.1, 0.15) is 18.5 Å². The summed E-state index contributed by atoms with van der Waals surface area (Å²) in [4.78, 5) is 15.1. The predicted molar refractivity (Wildman–Crippen MR) is 121 cm³/mol. The Morgan fingerprint density at radius 1 is 1.17 bits per heavy atom. The van der Waals surface area contributed by atoms with Crippen molar-refractivity contribution in [1.82, 2.24) is 4.90 Å². The van der Waals surface area contributed by atoms with Crippen molar-refractivity contribution in [2.24, 2.45) is 28.6 Å². The van der Waals surface area contributed by atoms with Crippen LogP contribution in [0.2, 0.25) is 0 Å². The first-order chi connectivity index (χ1) is 16.6. The molecule has 196 valence electrons. The number of likely N-dealkylation sites (N-methyl/N-ethyl adjacent to an activating group) is 1. The minimum atomic E-state index is -1.24. The van der Waals surface area contributed by atoms with E-state index in [-0.39, 0.29) is 48.3 Å². The number of fused-ring (bicyclic) bond motifs is 1. The smallest absolute Gasteiger partial charge is 0.303 e. The number of nitrogens with zero attached hydrogens (tertiary/aromatic N) is 1. The fraction of sp³-hybridized carbons (Fsp3) is 0.962. The molecule has 1 unspecified atom stereocenters. The Labute approximate surface area is 206 Å². The Kier molecular flexibility index (Phi) is 4.52. The van der Waals surface area contributed by atoms with E-state index in [1.54, 1.807) is 14.2 Å². The van der Waals surface area contributed by atoms with Gasteiger partial charge in [0.05, 0.1) is 35.4 Å². The van der Waals surface area contributed by atoms with Gasteiger partial charge in [0, 0.05) is 51.9 Å². The minimum Gasteiger partial charge on any atom is -0.459 e. The standard InChI is InChI=1S/C26H39NO8/c1-6-27-11-22(3)8-7-16(31-4)25-19(22)20(35-13(2)28)26(21(25)27)24(33-12-34-26)10-15(29)14-9-23(25,30)18(24)17(14)32-5/h14-21,29-30H,6-12H2,1-5H3/t14-,15-,16+,17+,18?,19-,20+,21-,22+,23+,24-,25-,26-/m1/s1. The van der Waals surface area contributed by atoms with Gasteiger partial charge in [-0.1, -0.05) is 13.8 Å². The van der Waals surface area contributed by atoms with E-state index < -0.39 is 40.3 Å². The number of aliphatic hydroxyl groups excluding tert-OH is 1. The van der Waals surface area contributed by atoms with Crippen LogP contribution in [0.1, 0.15) is 46.5 Å². The molecular weight excluding hydrogens is 454 g/mol. The minimum absolute atomic E-state index is 0.0311. The molecule has 7 bridgehead atoms. The maximum absolute atomic E-state index is 13.3. The van der Waals surface area contributed by atoms with E-state index in [9.17, 15) is 15.0 Å². The zero-order valence-corrected chi connectivity index (χ0v) is 21.4. The average molecular weight is 494 g/mol. The highest BCUT2D eigenvalue weighted by atomic mass is 16.7. The summed E-state index contributed by atoms with van der Waals surface area (Å²) < 4.78 is 32.1. The van der Waals surface area contributed by atoms with Crippen LogP contribution in [0.4, 0.5) is 0 Å². The summed E-state index contributed by atoms with van der Waals surface area (Å²) in [7, 11) is 3.40. The molecule has 0 amide bonds. The van der Waals surface area contributed by atoms with E-state index in [0.29, 0.717) is 12.8 Å². The Hall–Kier alpha value is -0.810. The van der Waals surface area contributed by atoms with Crippen molar-refractivity contribution in [2.45, 2.75) is 93.7 Å². The number of ether oxygens (including phenoxy) is 5. The molecule has 9 nitrogen and oxygen atoms in total. The zero-order valence-electron chi connectivity index (χ0n) is 21.4. The van der Waals surface area contributed by atoms with Crippen molar-refractivity contribution >= 4 is 5.97 Å². The molecule has 9 heteroatoms. The van der Waals surface area contributed by atoms with Gasteiger partial charge in [0.2, 0.25) is 0 Å². The van der Waals surface area contributed by atoms with Crippen LogP contribution in [0.5, 0.6) is 0 Å². The van der Waals surface area contributed by atoms with Gasteiger partial charge in [-0.3, -0.25) is 9.69 Å². The number of esters is 1. The van der Waals surface area contributed by atoms with Gasteiger partial charge in [0.25, 0.3) is 0 Å². The topological polar surface area (TPSA) is 107 Å². The Bertz CT molecular complexity index is 964. The van der Waals surface area contributed by atoms with Crippen LogP contribution >= 0.6 is 0 Å². The van der Waals surface area contributed by atoms with Crippen molar-refractivity contribution in [3.63, 3.8) is 0 Å². The molecule has 3 spiro atoms. The second-order valence-corrected chi connectivity index (χ2v) is 12.7. The van der Waals surface area contributed by atoms with Gasteiger partial charge in [-0.05, 0) is 31.2 Å². The first-order valence-electron chi connectivity index (χ1n) is 13.3. The zero-order chi connectivity index (χ0) is 24.8. The lowest BCUT2D eigenvalue weighted by molar-refractivity contribution is -0.332. The third kappa shape index (κ3) is 2.09. The lowest BCUT2D eigenvalue weighted by Crippen LogP contribution is -2.85. The molecule has 2 N–H and O–H groups in total. The monoisotopic (exact) mass is 493 g/mol. The van der Waals surface area contributed by atoms with Crippen LogP contribution in [-0.4, -0.2) is 102 Å². The van der Waals surface area contributed by atoms with Crippen LogP contribution in [0.15, 0.2) is 0 Å². The number of methoxy groups -OCH3 is 2. The highest BCUT2D eigenvalue weighted by molar-refractivity contribution is 5.67. The van der Waals surface area contributed by atoms with E-state index in [2.05, 4.69) is 18.7 Å². The molecule has 0 aromatic heterocycles. The lowest BCUT2D eigenvalue weighted by Gasteiger charge is -2.71. The summed E-state index contributed by atoms with van der Waals surface area (Å²) in [6.07, 6.45) is 0.473. The van der Waals surface area contributed by atoms with Gasteiger partial charge in [-0.15, -0.1) is 0 Å². The fourth-order valence-corrected chi connectivity index (χ4v) is 11.5. The number of aliphatic hydroxyl groups is 2. The van der Waals surface area contributed by atoms with Crippen LogP contribution in [-0.2, 0) is 28.5 Å². The third-order valence-electron chi connectivity index (χ3n) is 11.9. The van der Waals surface area contributed by atoms with Crippen molar-refractivity contribution in [3.05, 3.63) is 0 Å². The van der Waals surface area contributed by atoms with Crippen molar-refractivity contribution in [2.75, 3.05) is 34.1 Å². The number of likely N-dealkylation sites (tertiary alicyclic amines) is 1. The molecule has 5 aliphatic carbocycles. The molecule has 2 heterocycles. The quantitative estimate of drug-likeness (QED) is 0.547. The summed E-state index contributed by atoms with van der Waals surface area (Å²) in [5.41, 5.74) is -4.30. The normalized spacial score (nSPS) is 61.6.